The molecule has 0 aromatic carbocycles. The van der Waals surface area contributed by atoms with Crippen LogP contribution in [-0.2, 0) is 19.2 Å². The zero-order valence-corrected chi connectivity index (χ0v) is 23.7. The van der Waals surface area contributed by atoms with Gasteiger partial charge in [-0.3, -0.25) is 19.2 Å². The first kappa shape index (κ1) is 32.1. The van der Waals surface area contributed by atoms with Crippen molar-refractivity contribution in [3.8, 4) is 0 Å². The maximum absolute atomic E-state index is 13.3. The number of carbonyl (C=O) groups excluding carboxylic acids is 4. The highest BCUT2D eigenvalue weighted by atomic mass is 32.1. The third kappa shape index (κ3) is 5.50. The lowest BCUT2D eigenvalue weighted by Gasteiger charge is -2.39. The Morgan fingerprint density at radius 1 is 0.795 bits per heavy atom. The zero-order chi connectivity index (χ0) is 30.0. The highest BCUT2D eigenvalue weighted by Gasteiger charge is 2.60. The monoisotopic (exact) mass is 579 g/mol. The van der Waals surface area contributed by atoms with E-state index in [-0.39, 0.29) is 29.0 Å². The van der Waals surface area contributed by atoms with E-state index in [1.807, 2.05) is 0 Å². The molecule has 0 aliphatic carbocycles. The minimum absolute atomic E-state index is 0.00233. The summed E-state index contributed by atoms with van der Waals surface area (Å²) in [6, 6.07) is 4.65. The summed E-state index contributed by atoms with van der Waals surface area (Å²) in [5, 5.41) is 22.9. The van der Waals surface area contributed by atoms with E-state index < -0.39 is 63.0 Å². The number of carbonyl (C=O) groups is 6. The minimum atomic E-state index is -2.60. The van der Waals surface area contributed by atoms with Crippen LogP contribution in [0.2, 0.25) is 0 Å². The molecule has 3 atom stereocenters. The lowest BCUT2D eigenvalue weighted by atomic mass is 9.65. The van der Waals surface area contributed by atoms with Crippen LogP contribution in [0.1, 0.15) is 66.3 Å². The average Bonchev–Trinajstić information content (AvgIpc) is 3.60. The Balaban J connectivity index is 2.18. The van der Waals surface area contributed by atoms with Crippen molar-refractivity contribution in [3.05, 3.63) is 44.8 Å². The van der Waals surface area contributed by atoms with E-state index in [0.29, 0.717) is 0 Å². The van der Waals surface area contributed by atoms with Crippen LogP contribution in [0.3, 0.4) is 0 Å². The number of carboxylic acids is 2. The van der Waals surface area contributed by atoms with Crippen molar-refractivity contribution in [2.45, 2.75) is 64.1 Å². The predicted octanol–water partition coefficient (Wildman–Crippen LogP) is 2.13. The molecule has 8 N–H and O–H groups in total. The molecule has 0 fully saturated rings. The average molecular weight is 580 g/mol. The Morgan fingerprint density at radius 3 is 1.56 bits per heavy atom. The van der Waals surface area contributed by atoms with Crippen LogP contribution < -0.4 is 17.2 Å². The van der Waals surface area contributed by atoms with Crippen molar-refractivity contribution in [2.24, 2.45) is 28.0 Å². The summed E-state index contributed by atoms with van der Waals surface area (Å²) >= 11 is 1.99. The topological polar surface area (TPSA) is 221 Å². The SMILES string of the molecule is CC(C)(C(=O)CCCC(N)C(=O)C(C)(C)C(N)(C(=O)O)C(=O)c1cccs1)C(N)(C(=O)O)C(=O)c1cccs1. The fourth-order valence-corrected chi connectivity index (χ4v) is 5.76. The molecule has 0 amide bonds. The van der Waals surface area contributed by atoms with Crippen LogP contribution in [0, 0.1) is 10.8 Å². The van der Waals surface area contributed by atoms with Gasteiger partial charge >= 0.3 is 11.9 Å². The van der Waals surface area contributed by atoms with Gasteiger partial charge in [0, 0.05) is 6.42 Å². The fraction of sp³-hybridized carbons (Fsp3) is 0.462. The molecule has 13 heteroatoms. The number of aliphatic carboxylic acids is 2. The first-order valence-electron chi connectivity index (χ1n) is 11.9. The van der Waals surface area contributed by atoms with E-state index in [0.717, 1.165) is 22.7 Å². The van der Waals surface area contributed by atoms with Crippen LogP contribution in [0.25, 0.3) is 0 Å². The molecule has 0 saturated heterocycles. The molecule has 2 aromatic rings. The minimum Gasteiger partial charge on any atom is -0.479 e. The number of ketones is 4. The summed E-state index contributed by atoms with van der Waals surface area (Å²) in [6.07, 6.45) is -0.368. The van der Waals surface area contributed by atoms with Crippen molar-refractivity contribution in [3.63, 3.8) is 0 Å². The predicted molar refractivity (Wildman–Crippen MR) is 146 cm³/mol. The Kier molecular flexibility index (Phi) is 9.52. The summed E-state index contributed by atoms with van der Waals surface area (Å²) in [5.41, 5.74) is 9.37. The molecule has 3 unspecified atom stereocenters. The number of hydrogen-bond donors (Lipinski definition) is 5. The fourth-order valence-electron chi connectivity index (χ4n) is 4.30. The Labute approximate surface area is 233 Å². The number of carboxylic acid groups (broad SMARTS) is 2. The molecule has 0 bridgehead atoms. The lowest BCUT2D eigenvalue weighted by molar-refractivity contribution is -0.151. The van der Waals surface area contributed by atoms with Gasteiger partial charge in [-0.05, 0) is 49.6 Å². The third-order valence-corrected chi connectivity index (χ3v) is 9.16. The molecule has 0 spiro atoms. The maximum atomic E-state index is 13.3. The molecule has 0 aliphatic rings. The second kappa shape index (κ2) is 11.6. The van der Waals surface area contributed by atoms with Crippen LogP contribution >= 0.6 is 22.7 Å². The van der Waals surface area contributed by atoms with Crippen molar-refractivity contribution in [2.75, 3.05) is 0 Å². The van der Waals surface area contributed by atoms with Gasteiger partial charge in [0.05, 0.1) is 26.6 Å². The number of thiophene rings is 2. The third-order valence-electron chi connectivity index (χ3n) is 7.42. The Morgan fingerprint density at radius 2 is 1.21 bits per heavy atom. The molecule has 2 rings (SSSR count). The van der Waals surface area contributed by atoms with E-state index in [1.54, 1.807) is 22.9 Å². The van der Waals surface area contributed by atoms with E-state index in [2.05, 4.69) is 0 Å². The van der Waals surface area contributed by atoms with Crippen LogP contribution in [0.5, 0.6) is 0 Å². The first-order chi connectivity index (χ1) is 17.9. The Hall–Kier alpha value is -3.10. The normalized spacial score (nSPS) is 16.0. The zero-order valence-electron chi connectivity index (χ0n) is 22.1. The number of rotatable bonds is 15. The second-order valence-electron chi connectivity index (χ2n) is 10.4. The molecule has 39 heavy (non-hydrogen) atoms. The smallest absolute Gasteiger partial charge is 0.332 e. The molecule has 0 aliphatic heterocycles. The van der Waals surface area contributed by atoms with Crippen LogP contribution in [0.4, 0.5) is 0 Å². The number of nitrogens with two attached hydrogens (primary N) is 3. The van der Waals surface area contributed by atoms with Gasteiger partial charge in [0.15, 0.2) is 16.9 Å². The Bertz CT molecular complexity index is 1270. The van der Waals surface area contributed by atoms with Gasteiger partial charge in [-0.15, -0.1) is 22.7 Å². The standard InChI is InChI=1S/C26H33N3O8S2/c1-23(2,25(28,21(34)35)19(32)15-9-6-12-38-15)17(30)11-5-8-14(27)18(31)24(3,4)26(29,22(36)37)20(33)16-10-7-13-39-16/h6-7,9-10,12-14H,5,8,11,27-29H2,1-4H3,(H,34,35)(H,36,37). The number of Topliss-reactive ketones (excluding diaryl/α,β-unsaturated/α-hetero) is 4. The van der Waals surface area contributed by atoms with E-state index >= 15 is 0 Å². The summed E-state index contributed by atoms with van der Waals surface area (Å²) in [4.78, 5) is 76.9. The van der Waals surface area contributed by atoms with Crippen LogP contribution in [-0.4, -0.2) is 62.4 Å². The molecule has 2 heterocycles. The van der Waals surface area contributed by atoms with Gasteiger partial charge < -0.3 is 27.4 Å². The first-order valence-corrected chi connectivity index (χ1v) is 13.7. The van der Waals surface area contributed by atoms with Crippen molar-refractivity contribution in [1.82, 2.24) is 0 Å². The van der Waals surface area contributed by atoms with Gasteiger partial charge in [-0.2, -0.15) is 0 Å². The van der Waals surface area contributed by atoms with E-state index in [9.17, 15) is 39.0 Å². The molecular formula is C26H33N3O8S2. The second-order valence-corrected chi connectivity index (χ2v) is 12.3. The molecule has 11 nitrogen and oxygen atoms in total. The summed E-state index contributed by atoms with van der Waals surface area (Å²) in [6.45, 7) is 5.01. The van der Waals surface area contributed by atoms with Crippen molar-refractivity contribution < 1.29 is 39.0 Å². The quantitative estimate of drug-likeness (QED) is 0.152. The largest absolute Gasteiger partial charge is 0.479 e. The highest BCUT2D eigenvalue weighted by molar-refractivity contribution is 7.12. The summed E-state index contributed by atoms with van der Waals surface area (Å²) in [5.74, 6) is -6.61. The van der Waals surface area contributed by atoms with Gasteiger partial charge in [0.2, 0.25) is 11.6 Å². The van der Waals surface area contributed by atoms with Gasteiger partial charge in [0.25, 0.3) is 0 Å². The molecule has 0 radical (unpaired) electrons. The molecule has 0 saturated carbocycles. The van der Waals surface area contributed by atoms with E-state index in [1.165, 1.54) is 39.8 Å². The van der Waals surface area contributed by atoms with Crippen molar-refractivity contribution >= 4 is 57.7 Å². The van der Waals surface area contributed by atoms with Crippen molar-refractivity contribution in [1.29, 1.82) is 0 Å². The van der Waals surface area contributed by atoms with Crippen LogP contribution in [0.15, 0.2) is 35.0 Å². The van der Waals surface area contributed by atoms with E-state index in [4.69, 9.17) is 17.2 Å². The van der Waals surface area contributed by atoms with Gasteiger partial charge in [-0.1, -0.05) is 26.0 Å². The lowest BCUT2D eigenvalue weighted by Crippen LogP contribution is -2.68. The number of hydrogen-bond acceptors (Lipinski definition) is 11. The highest BCUT2D eigenvalue weighted by Crippen LogP contribution is 2.38. The summed E-state index contributed by atoms with van der Waals surface area (Å²) in [7, 11) is 0. The summed E-state index contributed by atoms with van der Waals surface area (Å²) < 4.78 is 0. The molecule has 2 aromatic heterocycles. The van der Waals surface area contributed by atoms with Gasteiger partial charge in [-0.25, -0.2) is 9.59 Å². The molecule has 212 valence electrons. The molecular weight excluding hydrogens is 546 g/mol. The van der Waals surface area contributed by atoms with Gasteiger partial charge in [0.1, 0.15) is 5.78 Å². The maximum Gasteiger partial charge on any atom is 0.332 e.